The minimum atomic E-state index is -0.961. The number of hydroxylamine groups is 2. The van der Waals surface area contributed by atoms with Gasteiger partial charge in [-0.1, -0.05) is 78.6 Å². The highest BCUT2D eigenvalue weighted by molar-refractivity contribution is 6.21. The molecule has 192 valence electrons. The predicted octanol–water partition coefficient (Wildman–Crippen LogP) is 4.93. The summed E-state index contributed by atoms with van der Waals surface area (Å²) in [5.74, 6) is -2.32. The summed E-state index contributed by atoms with van der Waals surface area (Å²) in [7, 11) is 0. The van der Waals surface area contributed by atoms with Crippen LogP contribution in [-0.2, 0) is 14.4 Å². The third kappa shape index (κ3) is 4.02. The van der Waals surface area contributed by atoms with Gasteiger partial charge >= 0.3 is 12.1 Å². The summed E-state index contributed by atoms with van der Waals surface area (Å²) in [5.41, 5.74) is 4.81. The van der Waals surface area contributed by atoms with Gasteiger partial charge in [-0.2, -0.15) is 0 Å². The Labute approximate surface area is 219 Å². The molecule has 8 nitrogen and oxygen atoms in total. The van der Waals surface area contributed by atoms with Gasteiger partial charge < -0.3 is 9.57 Å². The number of imide groups is 1. The van der Waals surface area contributed by atoms with Gasteiger partial charge in [0.05, 0.1) is 11.1 Å². The standard InChI is InChI=1S/C30H26N2O6/c33-27-23-14-7-8-15-24(23)28(34)32(27)38-29(35)26-16-2-1-9-17-31(26)30(36)37-18-25-21-12-5-3-10-19(21)20-11-4-6-13-22(20)25/h3-8,10-15,25-26H,1-2,9,16-18H2. The van der Waals surface area contributed by atoms with Crippen molar-refractivity contribution >= 4 is 23.9 Å². The summed E-state index contributed by atoms with van der Waals surface area (Å²) in [6.45, 7) is 0.447. The average Bonchev–Trinajstić information content (AvgIpc) is 3.23. The molecule has 1 atom stereocenters. The molecule has 3 aromatic rings. The van der Waals surface area contributed by atoms with Crippen LogP contribution in [0, 0.1) is 0 Å². The van der Waals surface area contributed by atoms with Crippen LogP contribution < -0.4 is 0 Å². The smallest absolute Gasteiger partial charge is 0.410 e. The summed E-state index contributed by atoms with van der Waals surface area (Å²) < 4.78 is 5.81. The topological polar surface area (TPSA) is 93.2 Å². The Kier molecular flexibility index (Phi) is 6.15. The number of hydrogen-bond donors (Lipinski definition) is 0. The first-order valence-electron chi connectivity index (χ1n) is 12.9. The molecule has 2 aliphatic heterocycles. The quantitative estimate of drug-likeness (QED) is 0.462. The van der Waals surface area contributed by atoms with Gasteiger partial charge in [-0.25, -0.2) is 9.59 Å². The predicted molar refractivity (Wildman–Crippen MR) is 137 cm³/mol. The van der Waals surface area contributed by atoms with Crippen molar-refractivity contribution < 1.29 is 28.8 Å². The highest BCUT2D eigenvalue weighted by atomic mass is 16.7. The van der Waals surface area contributed by atoms with Crippen molar-refractivity contribution in [2.75, 3.05) is 13.2 Å². The summed E-state index contributed by atoms with van der Waals surface area (Å²) >= 11 is 0. The molecular formula is C30H26N2O6. The largest absolute Gasteiger partial charge is 0.448 e. The number of benzene rings is 3. The lowest BCUT2D eigenvalue weighted by Gasteiger charge is -2.29. The normalized spacial score (nSPS) is 18.5. The highest BCUT2D eigenvalue weighted by Crippen LogP contribution is 2.44. The zero-order valence-electron chi connectivity index (χ0n) is 20.7. The number of nitrogens with zero attached hydrogens (tertiary/aromatic N) is 2. The van der Waals surface area contributed by atoms with Gasteiger partial charge in [0.15, 0.2) is 0 Å². The summed E-state index contributed by atoms with van der Waals surface area (Å²) in [5, 5.41) is 0.494. The molecule has 1 unspecified atom stereocenters. The Hall–Kier alpha value is -4.46. The molecule has 8 heteroatoms. The molecule has 2 heterocycles. The van der Waals surface area contributed by atoms with Crippen LogP contribution in [0.25, 0.3) is 11.1 Å². The van der Waals surface area contributed by atoms with E-state index in [0.717, 1.165) is 28.7 Å². The Balaban J connectivity index is 1.17. The van der Waals surface area contributed by atoms with Gasteiger partial charge in [0.2, 0.25) is 0 Å². The first kappa shape index (κ1) is 23.9. The van der Waals surface area contributed by atoms with E-state index in [0.29, 0.717) is 30.9 Å². The van der Waals surface area contributed by atoms with E-state index in [-0.39, 0.29) is 23.7 Å². The SMILES string of the molecule is O=C(ON1C(=O)c2ccccc2C1=O)C1CCCCCN1C(=O)OCC1c2ccccc2-c2ccccc21. The molecule has 1 saturated heterocycles. The van der Waals surface area contributed by atoms with E-state index in [1.807, 2.05) is 36.4 Å². The molecule has 3 amide bonds. The van der Waals surface area contributed by atoms with Gasteiger partial charge in [0, 0.05) is 12.5 Å². The lowest BCUT2D eigenvalue weighted by molar-refractivity contribution is -0.174. The molecule has 3 aromatic carbocycles. The number of fused-ring (bicyclic) bond motifs is 4. The fraction of sp³-hybridized carbons (Fsp3) is 0.267. The van der Waals surface area contributed by atoms with Crippen LogP contribution in [0.2, 0.25) is 0 Å². The highest BCUT2D eigenvalue weighted by Gasteiger charge is 2.42. The first-order valence-corrected chi connectivity index (χ1v) is 12.9. The number of hydrogen-bond acceptors (Lipinski definition) is 6. The molecule has 38 heavy (non-hydrogen) atoms. The molecule has 0 bridgehead atoms. The van der Waals surface area contributed by atoms with Crippen LogP contribution in [-0.4, -0.2) is 53.0 Å². The molecule has 0 aromatic heterocycles. The van der Waals surface area contributed by atoms with Gasteiger partial charge in [-0.05, 0) is 47.2 Å². The maximum absolute atomic E-state index is 13.3. The van der Waals surface area contributed by atoms with Crippen molar-refractivity contribution in [1.82, 2.24) is 9.96 Å². The van der Waals surface area contributed by atoms with Crippen LogP contribution in [0.5, 0.6) is 0 Å². The van der Waals surface area contributed by atoms with Crippen LogP contribution in [0.15, 0.2) is 72.8 Å². The molecule has 3 aliphatic rings. The molecule has 1 fully saturated rings. The summed E-state index contributed by atoms with van der Waals surface area (Å²) in [6.07, 6.45) is 1.99. The van der Waals surface area contributed by atoms with Crippen LogP contribution in [0.1, 0.15) is 63.4 Å². The Bertz CT molecular complexity index is 1370. The molecule has 1 aliphatic carbocycles. The lowest BCUT2D eigenvalue weighted by Crippen LogP contribution is -2.48. The number of carbonyl (C=O) groups excluding carboxylic acids is 4. The number of rotatable bonds is 4. The average molecular weight is 511 g/mol. The van der Waals surface area contributed by atoms with Crippen molar-refractivity contribution in [3.63, 3.8) is 0 Å². The molecular weight excluding hydrogens is 484 g/mol. The van der Waals surface area contributed by atoms with E-state index in [9.17, 15) is 19.2 Å². The molecule has 6 rings (SSSR count). The van der Waals surface area contributed by atoms with E-state index < -0.39 is 29.9 Å². The minimum absolute atomic E-state index is 0.109. The third-order valence-corrected chi connectivity index (χ3v) is 7.53. The van der Waals surface area contributed by atoms with Crippen LogP contribution in [0.4, 0.5) is 4.79 Å². The van der Waals surface area contributed by atoms with Crippen LogP contribution >= 0.6 is 0 Å². The Morgan fingerprint density at radius 3 is 1.89 bits per heavy atom. The second kappa shape index (κ2) is 9.78. The molecule has 0 radical (unpaired) electrons. The molecule has 0 N–H and O–H groups in total. The van der Waals surface area contributed by atoms with Gasteiger partial charge in [0.25, 0.3) is 11.8 Å². The number of likely N-dealkylation sites (tertiary alicyclic amines) is 1. The van der Waals surface area contributed by atoms with Gasteiger partial charge in [-0.15, -0.1) is 0 Å². The van der Waals surface area contributed by atoms with Crippen molar-refractivity contribution in [2.45, 2.75) is 37.6 Å². The fourth-order valence-electron chi connectivity index (χ4n) is 5.65. The van der Waals surface area contributed by atoms with Crippen molar-refractivity contribution in [1.29, 1.82) is 0 Å². The number of carbonyl (C=O) groups is 4. The fourth-order valence-corrected chi connectivity index (χ4v) is 5.65. The molecule has 0 saturated carbocycles. The van der Waals surface area contributed by atoms with E-state index in [1.165, 1.54) is 17.0 Å². The van der Waals surface area contributed by atoms with Crippen molar-refractivity contribution in [2.24, 2.45) is 0 Å². The maximum atomic E-state index is 13.3. The first-order chi connectivity index (χ1) is 18.5. The molecule has 0 spiro atoms. The van der Waals surface area contributed by atoms with Crippen LogP contribution in [0.3, 0.4) is 0 Å². The second-order valence-corrected chi connectivity index (χ2v) is 9.72. The van der Waals surface area contributed by atoms with Crippen molar-refractivity contribution in [3.8, 4) is 11.1 Å². The van der Waals surface area contributed by atoms with E-state index in [2.05, 4.69) is 12.1 Å². The number of ether oxygens (including phenoxy) is 1. The number of amides is 3. The Morgan fingerprint density at radius 2 is 1.29 bits per heavy atom. The van der Waals surface area contributed by atoms with E-state index in [4.69, 9.17) is 9.57 Å². The maximum Gasteiger partial charge on any atom is 0.410 e. The zero-order chi connectivity index (χ0) is 26.2. The van der Waals surface area contributed by atoms with E-state index >= 15 is 0 Å². The third-order valence-electron chi connectivity index (χ3n) is 7.53. The Morgan fingerprint density at radius 1 is 0.737 bits per heavy atom. The minimum Gasteiger partial charge on any atom is -0.448 e. The summed E-state index contributed by atoms with van der Waals surface area (Å²) in [4.78, 5) is 58.6. The van der Waals surface area contributed by atoms with Crippen molar-refractivity contribution in [3.05, 3.63) is 95.1 Å². The zero-order valence-corrected chi connectivity index (χ0v) is 20.7. The van der Waals surface area contributed by atoms with Gasteiger partial charge in [0.1, 0.15) is 12.6 Å². The van der Waals surface area contributed by atoms with Gasteiger partial charge in [-0.3, -0.25) is 14.5 Å². The second-order valence-electron chi connectivity index (χ2n) is 9.72. The van der Waals surface area contributed by atoms with E-state index in [1.54, 1.807) is 12.1 Å². The summed E-state index contributed by atoms with van der Waals surface area (Å²) in [6, 6.07) is 21.5. The monoisotopic (exact) mass is 510 g/mol. The lowest BCUT2D eigenvalue weighted by atomic mass is 9.98.